The third-order valence-corrected chi connectivity index (χ3v) is 4.62. The summed E-state index contributed by atoms with van der Waals surface area (Å²) >= 11 is 5.75. The molecule has 26 heavy (non-hydrogen) atoms. The van der Waals surface area contributed by atoms with E-state index >= 15 is 0 Å². The van der Waals surface area contributed by atoms with Crippen LogP contribution in [-0.2, 0) is 11.8 Å². The fourth-order valence-electron chi connectivity index (χ4n) is 2.92. The minimum atomic E-state index is -4.61. The fraction of sp³-hybridized carbons (Fsp3) is 0.278. The Morgan fingerprint density at radius 1 is 1.04 bits per heavy atom. The molecule has 8 heteroatoms. The van der Waals surface area contributed by atoms with Gasteiger partial charge in [0.25, 0.3) is 0 Å². The summed E-state index contributed by atoms with van der Waals surface area (Å²) < 4.78 is 40.0. The molecule has 2 heterocycles. The zero-order chi connectivity index (χ0) is 19.1. The maximum atomic E-state index is 13.3. The first kappa shape index (κ1) is 18.5. The van der Waals surface area contributed by atoms with Gasteiger partial charge < -0.3 is 5.11 Å². The molecule has 0 aliphatic carbocycles. The van der Waals surface area contributed by atoms with Crippen LogP contribution in [0.4, 0.5) is 13.2 Å². The number of aromatic nitrogens is 3. The lowest BCUT2D eigenvalue weighted by Crippen LogP contribution is -2.35. The summed E-state index contributed by atoms with van der Waals surface area (Å²) in [7, 11) is 0. The van der Waals surface area contributed by atoms with Gasteiger partial charge in [0.2, 0.25) is 0 Å². The SMILES string of the molecule is CC(C)C(O)(c1ccncn1)c1ccc2c(C(F)(F)F)c(Cl)ccc2n1. The lowest BCUT2D eigenvalue weighted by Gasteiger charge is -2.31. The molecule has 0 aliphatic rings. The second kappa shape index (κ2) is 6.48. The predicted octanol–water partition coefficient (Wildman–Crippen LogP) is 4.59. The lowest BCUT2D eigenvalue weighted by molar-refractivity contribution is -0.136. The van der Waals surface area contributed by atoms with E-state index in [0.29, 0.717) is 5.69 Å². The van der Waals surface area contributed by atoms with Gasteiger partial charge in [-0.25, -0.2) is 15.0 Å². The first-order valence-electron chi connectivity index (χ1n) is 7.81. The number of benzene rings is 1. The molecule has 3 rings (SSSR count). The van der Waals surface area contributed by atoms with Gasteiger partial charge in [-0.15, -0.1) is 0 Å². The van der Waals surface area contributed by atoms with Gasteiger partial charge in [-0.1, -0.05) is 31.5 Å². The summed E-state index contributed by atoms with van der Waals surface area (Å²) in [6.45, 7) is 3.55. The van der Waals surface area contributed by atoms with Crippen LogP contribution in [0.1, 0.15) is 30.8 Å². The molecule has 0 aliphatic heterocycles. The van der Waals surface area contributed by atoms with Gasteiger partial charge in [0.15, 0.2) is 5.60 Å². The molecule has 1 aromatic carbocycles. The number of nitrogens with zero attached hydrogens (tertiary/aromatic N) is 3. The number of alkyl halides is 3. The minimum Gasteiger partial charge on any atom is -0.377 e. The first-order valence-corrected chi connectivity index (χ1v) is 8.19. The van der Waals surface area contributed by atoms with Gasteiger partial charge in [-0.3, -0.25) is 0 Å². The molecule has 4 nitrogen and oxygen atoms in total. The molecule has 1 unspecified atom stereocenters. The van der Waals surface area contributed by atoms with Gasteiger partial charge in [-0.2, -0.15) is 13.2 Å². The van der Waals surface area contributed by atoms with Crippen molar-refractivity contribution < 1.29 is 18.3 Å². The number of hydrogen-bond donors (Lipinski definition) is 1. The Morgan fingerprint density at radius 3 is 2.35 bits per heavy atom. The molecule has 0 fully saturated rings. The molecule has 1 atom stereocenters. The Hall–Kier alpha value is -2.25. The molecular weight excluding hydrogens is 367 g/mol. The summed E-state index contributed by atoms with van der Waals surface area (Å²) in [6, 6.07) is 6.76. The average Bonchev–Trinajstić information content (AvgIpc) is 2.59. The normalized spacial score (nSPS) is 14.6. The molecule has 1 N–H and O–H groups in total. The van der Waals surface area contributed by atoms with E-state index in [1.54, 1.807) is 19.9 Å². The van der Waals surface area contributed by atoms with Gasteiger partial charge in [0, 0.05) is 11.6 Å². The molecule has 0 amide bonds. The summed E-state index contributed by atoms with van der Waals surface area (Å²) in [6.07, 6.45) is -1.83. The number of halogens is 4. The van der Waals surface area contributed by atoms with E-state index in [9.17, 15) is 18.3 Å². The Kier molecular flexibility index (Phi) is 4.62. The Labute approximate surface area is 152 Å². The van der Waals surface area contributed by atoms with Crippen LogP contribution in [0, 0.1) is 5.92 Å². The Morgan fingerprint density at radius 2 is 1.77 bits per heavy atom. The van der Waals surface area contributed by atoms with Crippen molar-refractivity contribution in [3.05, 3.63) is 64.8 Å². The molecular formula is C18H15ClF3N3O. The van der Waals surface area contributed by atoms with Crippen molar-refractivity contribution in [1.82, 2.24) is 15.0 Å². The molecule has 2 aromatic heterocycles. The predicted molar refractivity (Wildman–Crippen MR) is 91.6 cm³/mol. The number of hydrogen-bond acceptors (Lipinski definition) is 4. The topological polar surface area (TPSA) is 58.9 Å². The smallest absolute Gasteiger partial charge is 0.377 e. The third kappa shape index (κ3) is 3.01. The van der Waals surface area contributed by atoms with E-state index in [1.807, 2.05) is 0 Å². The van der Waals surface area contributed by atoms with E-state index in [1.165, 1.54) is 30.7 Å². The average molecular weight is 382 g/mol. The molecule has 136 valence electrons. The molecule has 0 saturated carbocycles. The quantitative estimate of drug-likeness (QED) is 0.721. The van der Waals surface area contributed by atoms with E-state index in [0.717, 1.165) is 6.07 Å². The van der Waals surface area contributed by atoms with E-state index in [2.05, 4.69) is 15.0 Å². The monoisotopic (exact) mass is 381 g/mol. The Balaban J connectivity index is 2.25. The third-order valence-electron chi connectivity index (χ3n) is 4.30. The number of pyridine rings is 1. The highest BCUT2D eigenvalue weighted by Crippen LogP contribution is 2.41. The summed E-state index contributed by atoms with van der Waals surface area (Å²) in [4.78, 5) is 12.2. The fourth-order valence-corrected chi connectivity index (χ4v) is 3.19. The van der Waals surface area contributed by atoms with Gasteiger partial charge in [0.05, 0.1) is 27.5 Å². The van der Waals surface area contributed by atoms with Crippen molar-refractivity contribution in [3.63, 3.8) is 0 Å². The van der Waals surface area contributed by atoms with Crippen LogP contribution >= 0.6 is 11.6 Å². The van der Waals surface area contributed by atoms with Crippen molar-refractivity contribution in [2.24, 2.45) is 5.92 Å². The second-order valence-corrected chi connectivity index (χ2v) is 6.61. The van der Waals surface area contributed by atoms with Crippen molar-refractivity contribution in [1.29, 1.82) is 0 Å². The number of rotatable bonds is 3. The molecule has 0 radical (unpaired) electrons. The number of fused-ring (bicyclic) bond motifs is 1. The standard InChI is InChI=1S/C18H15ClF3N3O/c1-10(2)17(26,14-7-8-23-9-24-14)15-6-3-11-13(25-15)5-4-12(19)16(11)18(20,21)22/h3-10,26H,1-2H3. The van der Waals surface area contributed by atoms with E-state index in [-0.39, 0.29) is 22.5 Å². The highest BCUT2D eigenvalue weighted by Gasteiger charge is 2.39. The molecule has 0 bridgehead atoms. The summed E-state index contributed by atoms with van der Waals surface area (Å²) in [5.74, 6) is -0.336. The Bertz CT molecular complexity index is 948. The van der Waals surface area contributed by atoms with Crippen LogP contribution in [0.5, 0.6) is 0 Å². The first-order chi connectivity index (χ1) is 12.2. The maximum absolute atomic E-state index is 13.3. The lowest BCUT2D eigenvalue weighted by atomic mass is 9.83. The summed E-state index contributed by atoms with van der Waals surface area (Å²) in [5.41, 5.74) is -1.90. The van der Waals surface area contributed by atoms with Crippen LogP contribution in [0.15, 0.2) is 42.9 Å². The van der Waals surface area contributed by atoms with Crippen LogP contribution in [0.25, 0.3) is 10.9 Å². The van der Waals surface area contributed by atoms with Crippen molar-refractivity contribution in [2.45, 2.75) is 25.6 Å². The van der Waals surface area contributed by atoms with Crippen LogP contribution in [0.3, 0.4) is 0 Å². The van der Waals surface area contributed by atoms with Crippen molar-refractivity contribution >= 4 is 22.5 Å². The number of aliphatic hydroxyl groups is 1. The van der Waals surface area contributed by atoms with Crippen LogP contribution in [-0.4, -0.2) is 20.1 Å². The van der Waals surface area contributed by atoms with Crippen LogP contribution < -0.4 is 0 Å². The van der Waals surface area contributed by atoms with Gasteiger partial charge in [-0.05, 0) is 30.2 Å². The highest BCUT2D eigenvalue weighted by atomic mass is 35.5. The second-order valence-electron chi connectivity index (χ2n) is 6.20. The van der Waals surface area contributed by atoms with Crippen LogP contribution in [0.2, 0.25) is 5.02 Å². The highest BCUT2D eigenvalue weighted by molar-refractivity contribution is 6.32. The largest absolute Gasteiger partial charge is 0.418 e. The maximum Gasteiger partial charge on any atom is 0.418 e. The van der Waals surface area contributed by atoms with Crippen molar-refractivity contribution in [3.8, 4) is 0 Å². The summed E-state index contributed by atoms with van der Waals surface area (Å²) in [5, 5.41) is 10.8. The van der Waals surface area contributed by atoms with Gasteiger partial charge in [0.1, 0.15) is 6.33 Å². The van der Waals surface area contributed by atoms with E-state index in [4.69, 9.17) is 11.6 Å². The molecule has 0 saturated heterocycles. The van der Waals surface area contributed by atoms with Gasteiger partial charge >= 0.3 is 6.18 Å². The zero-order valence-corrected chi connectivity index (χ0v) is 14.7. The molecule has 0 spiro atoms. The minimum absolute atomic E-state index is 0.0901. The molecule has 3 aromatic rings. The van der Waals surface area contributed by atoms with Crippen molar-refractivity contribution in [2.75, 3.05) is 0 Å². The van der Waals surface area contributed by atoms with E-state index < -0.39 is 22.4 Å². The zero-order valence-electron chi connectivity index (χ0n) is 13.9.